The van der Waals surface area contributed by atoms with Crippen molar-refractivity contribution in [2.75, 3.05) is 31.0 Å². The highest BCUT2D eigenvalue weighted by atomic mass is 32.2. The minimum Gasteiger partial charge on any atom is -0.493 e. The third-order valence-electron chi connectivity index (χ3n) is 6.66. The molecule has 2 aromatic heterocycles. The molecule has 0 spiro atoms. The zero-order chi connectivity index (χ0) is 29.5. The van der Waals surface area contributed by atoms with Gasteiger partial charge in [-0.25, -0.2) is 18.1 Å². The van der Waals surface area contributed by atoms with E-state index in [4.69, 9.17) is 14.5 Å². The number of hydrogen-bond donors (Lipinski definition) is 1. The minimum atomic E-state index is -4.84. The molecule has 4 aromatic rings. The maximum Gasteiger partial charge on any atom is 0.573 e. The summed E-state index contributed by atoms with van der Waals surface area (Å²) in [6.45, 7) is 1.69. The van der Waals surface area contributed by atoms with Gasteiger partial charge in [-0.2, -0.15) is 5.10 Å². The number of hydrogen-bond acceptors (Lipinski definition) is 8. The first-order valence-electron chi connectivity index (χ1n) is 12.4. The van der Waals surface area contributed by atoms with Crippen LogP contribution in [-0.4, -0.2) is 61.2 Å². The molecule has 1 fully saturated rings. The summed E-state index contributed by atoms with van der Waals surface area (Å²) in [5.41, 5.74) is 2.20. The van der Waals surface area contributed by atoms with Crippen molar-refractivity contribution < 1.29 is 40.6 Å². The number of alkyl halides is 3. The van der Waals surface area contributed by atoms with Crippen LogP contribution in [0, 0.1) is 6.92 Å². The van der Waals surface area contributed by atoms with Crippen LogP contribution in [0.1, 0.15) is 28.5 Å². The van der Waals surface area contributed by atoms with Crippen molar-refractivity contribution in [3.8, 4) is 28.5 Å². The number of halogens is 3. The van der Waals surface area contributed by atoms with Crippen LogP contribution in [0.2, 0.25) is 0 Å². The van der Waals surface area contributed by atoms with Crippen molar-refractivity contribution in [2.45, 2.75) is 25.7 Å². The number of amides is 1. The van der Waals surface area contributed by atoms with Gasteiger partial charge in [0.05, 0.1) is 54.1 Å². The molecule has 0 radical (unpaired) electrons. The van der Waals surface area contributed by atoms with Crippen molar-refractivity contribution in [2.24, 2.45) is 0 Å². The van der Waals surface area contributed by atoms with Gasteiger partial charge < -0.3 is 19.5 Å². The molecule has 1 atom stereocenters. The average Bonchev–Trinajstić information content (AvgIpc) is 3.46. The molecule has 0 aliphatic carbocycles. The highest BCUT2D eigenvalue weighted by Gasteiger charge is 2.33. The van der Waals surface area contributed by atoms with Gasteiger partial charge in [-0.05, 0) is 61.9 Å². The number of anilines is 1. The summed E-state index contributed by atoms with van der Waals surface area (Å²) >= 11 is 0. The summed E-state index contributed by atoms with van der Waals surface area (Å²) in [5.74, 6) is -0.142. The van der Waals surface area contributed by atoms with Gasteiger partial charge in [0.1, 0.15) is 5.75 Å². The molecule has 216 valence electrons. The zero-order valence-electron chi connectivity index (χ0n) is 22.2. The van der Waals surface area contributed by atoms with E-state index < -0.39 is 33.9 Å². The SMILES string of the molecule is COc1ccc(-c2cc(C(=O)Nc3ccc(OC(F)(F)F)cc3)c3c(C)nn(C4CCS(=O)(=O)C4)c3n2)cc1OC. The van der Waals surface area contributed by atoms with E-state index in [0.717, 1.165) is 12.1 Å². The topological polar surface area (TPSA) is 122 Å². The van der Waals surface area contributed by atoms with Gasteiger partial charge in [0.25, 0.3) is 5.91 Å². The molecule has 1 aliphatic rings. The molecule has 0 saturated carbocycles. The second-order valence-corrected chi connectivity index (χ2v) is 11.7. The second-order valence-electron chi connectivity index (χ2n) is 9.44. The number of carbonyl (C=O) groups is 1. The Kier molecular flexibility index (Phi) is 7.28. The van der Waals surface area contributed by atoms with E-state index in [0.29, 0.717) is 45.9 Å². The Morgan fingerprint density at radius 2 is 1.76 bits per heavy atom. The third-order valence-corrected chi connectivity index (χ3v) is 8.41. The maximum absolute atomic E-state index is 13.6. The first kappa shape index (κ1) is 28.2. The van der Waals surface area contributed by atoms with E-state index in [1.165, 1.54) is 26.4 Å². The normalized spacial score (nSPS) is 16.5. The molecular weight excluding hydrogens is 565 g/mol. The van der Waals surface area contributed by atoms with Crippen molar-refractivity contribution in [1.29, 1.82) is 0 Å². The standard InChI is InChI=1S/C27H25F3N4O6S/c1-15-24-20(26(35)31-17-5-7-19(8-6-17)40-27(28,29)30)13-21(16-4-9-22(38-2)23(12-16)39-3)32-25(24)34(33-15)18-10-11-41(36,37)14-18/h4-9,12-13,18H,10-11,14H2,1-3H3,(H,31,35). The second kappa shape index (κ2) is 10.6. The molecule has 3 heterocycles. The maximum atomic E-state index is 13.6. The van der Waals surface area contributed by atoms with Crippen molar-refractivity contribution >= 4 is 32.5 Å². The lowest BCUT2D eigenvalue weighted by Gasteiger charge is -2.14. The quantitative estimate of drug-likeness (QED) is 0.322. The molecule has 1 unspecified atom stereocenters. The smallest absolute Gasteiger partial charge is 0.493 e. The van der Waals surface area contributed by atoms with E-state index in [1.54, 1.807) is 35.9 Å². The molecule has 1 aliphatic heterocycles. The number of rotatable bonds is 7. The summed E-state index contributed by atoms with van der Waals surface area (Å²) in [6.07, 6.45) is -4.49. The summed E-state index contributed by atoms with van der Waals surface area (Å²) in [7, 11) is -0.253. The monoisotopic (exact) mass is 590 g/mol. The van der Waals surface area contributed by atoms with Crippen molar-refractivity contribution in [3.05, 3.63) is 59.8 Å². The van der Waals surface area contributed by atoms with Gasteiger partial charge in [0.2, 0.25) is 0 Å². The molecule has 14 heteroatoms. The Bertz CT molecular complexity index is 1740. The van der Waals surface area contributed by atoms with Crippen molar-refractivity contribution in [1.82, 2.24) is 14.8 Å². The molecule has 2 aromatic carbocycles. The number of ether oxygens (including phenoxy) is 3. The highest BCUT2D eigenvalue weighted by Crippen LogP contribution is 2.36. The molecule has 1 saturated heterocycles. The number of aryl methyl sites for hydroxylation is 1. The number of pyridine rings is 1. The van der Waals surface area contributed by atoms with Crippen molar-refractivity contribution in [3.63, 3.8) is 0 Å². The van der Waals surface area contributed by atoms with E-state index in [-0.39, 0.29) is 22.8 Å². The number of aromatic nitrogens is 3. The fourth-order valence-electron chi connectivity index (χ4n) is 4.80. The first-order valence-corrected chi connectivity index (χ1v) is 14.2. The Morgan fingerprint density at radius 3 is 2.37 bits per heavy atom. The van der Waals surface area contributed by atoms with E-state index >= 15 is 0 Å². The minimum absolute atomic E-state index is 0.0226. The molecule has 1 amide bonds. The van der Waals surface area contributed by atoms with Crippen LogP contribution < -0.4 is 19.5 Å². The number of fused-ring (bicyclic) bond motifs is 1. The molecule has 5 rings (SSSR count). The fraction of sp³-hybridized carbons (Fsp3) is 0.296. The van der Waals surface area contributed by atoms with Gasteiger partial charge >= 0.3 is 6.36 Å². The lowest BCUT2D eigenvalue weighted by molar-refractivity contribution is -0.274. The number of carbonyl (C=O) groups excluding carboxylic acids is 1. The molecule has 10 nitrogen and oxygen atoms in total. The van der Waals surface area contributed by atoms with Crippen LogP contribution in [0.3, 0.4) is 0 Å². The van der Waals surface area contributed by atoms with Gasteiger partial charge in [0, 0.05) is 11.3 Å². The fourth-order valence-corrected chi connectivity index (χ4v) is 6.49. The number of sulfone groups is 1. The number of nitrogens with one attached hydrogen (secondary N) is 1. The molecule has 1 N–H and O–H groups in total. The Morgan fingerprint density at radius 1 is 1.05 bits per heavy atom. The third kappa shape index (κ3) is 5.92. The lowest BCUT2D eigenvalue weighted by atomic mass is 10.0. The van der Waals surface area contributed by atoms with Crippen LogP contribution in [0.5, 0.6) is 17.2 Å². The van der Waals surface area contributed by atoms with Crippen LogP contribution in [0.4, 0.5) is 18.9 Å². The van der Waals surface area contributed by atoms with Crippen LogP contribution >= 0.6 is 0 Å². The van der Waals surface area contributed by atoms with Gasteiger partial charge in [-0.1, -0.05) is 0 Å². The lowest BCUT2D eigenvalue weighted by Crippen LogP contribution is -2.17. The summed E-state index contributed by atoms with van der Waals surface area (Å²) in [5, 5.41) is 7.69. The highest BCUT2D eigenvalue weighted by molar-refractivity contribution is 7.91. The van der Waals surface area contributed by atoms with E-state index in [2.05, 4.69) is 15.2 Å². The Hall–Kier alpha value is -4.33. The summed E-state index contributed by atoms with van der Waals surface area (Å²) in [6, 6.07) is 11.0. The van der Waals surface area contributed by atoms with Crippen LogP contribution in [-0.2, 0) is 9.84 Å². The Labute approximate surface area is 233 Å². The van der Waals surface area contributed by atoms with Gasteiger partial charge in [0.15, 0.2) is 27.0 Å². The predicted molar refractivity (Wildman–Crippen MR) is 144 cm³/mol. The average molecular weight is 591 g/mol. The molecular formula is C27H25F3N4O6S. The molecule has 41 heavy (non-hydrogen) atoms. The number of nitrogens with zero attached hydrogens (tertiary/aromatic N) is 3. The van der Waals surface area contributed by atoms with Gasteiger partial charge in [-0.15, -0.1) is 13.2 Å². The van der Waals surface area contributed by atoms with Crippen LogP contribution in [0.15, 0.2) is 48.5 Å². The number of methoxy groups -OCH3 is 2. The number of benzene rings is 2. The van der Waals surface area contributed by atoms with Crippen LogP contribution in [0.25, 0.3) is 22.3 Å². The van der Waals surface area contributed by atoms with Gasteiger partial charge in [-0.3, -0.25) is 4.79 Å². The first-order chi connectivity index (χ1) is 19.4. The zero-order valence-corrected chi connectivity index (χ0v) is 23.0. The summed E-state index contributed by atoms with van der Waals surface area (Å²) in [4.78, 5) is 18.4. The molecule has 0 bridgehead atoms. The summed E-state index contributed by atoms with van der Waals surface area (Å²) < 4.78 is 78.2. The predicted octanol–water partition coefficient (Wildman–Crippen LogP) is 4.93. The largest absolute Gasteiger partial charge is 0.573 e. The van der Waals surface area contributed by atoms with E-state index in [9.17, 15) is 26.4 Å². The Balaban J connectivity index is 1.60. The van der Waals surface area contributed by atoms with E-state index in [1.807, 2.05) is 0 Å².